The van der Waals surface area contributed by atoms with Crippen molar-refractivity contribution in [3.63, 3.8) is 0 Å². The largest absolute Gasteiger partial charge is 0.396 e. The molecule has 102 valence electrons. The van der Waals surface area contributed by atoms with Crippen LogP contribution in [0.25, 0.3) is 0 Å². The van der Waals surface area contributed by atoms with E-state index in [2.05, 4.69) is 33.0 Å². The molecule has 0 amide bonds. The minimum absolute atomic E-state index is 0.312. The van der Waals surface area contributed by atoms with Crippen molar-refractivity contribution in [3.8, 4) is 0 Å². The molecule has 2 heteroatoms. The fourth-order valence-electron chi connectivity index (χ4n) is 3.18. The van der Waals surface area contributed by atoms with Crippen molar-refractivity contribution < 1.29 is 5.11 Å². The third-order valence-corrected chi connectivity index (χ3v) is 4.06. The van der Waals surface area contributed by atoms with Crippen molar-refractivity contribution in [2.45, 2.75) is 65.8 Å². The van der Waals surface area contributed by atoms with Crippen molar-refractivity contribution >= 4 is 0 Å². The Morgan fingerprint density at radius 1 is 1.12 bits per heavy atom. The zero-order valence-electron chi connectivity index (χ0n) is 12.1. The van der Waals surface area contributed by atoms with Crippen LogP contribution in [0.4, 0.5) is 0 Å². The maximum atomic E-state index is 8.90. The summed E-state index contributed by atoms with van der Waals surface area (Å²) in [4.78, 5) is 0. The predicted octanol–water partition coefficient (Wildman–Crippen LogP) is 3.20. The maximum Gasteiger partial charge on any atom is 0.0431 e. The minimum atomic E-state index is 0.312. The van der Waals surface area contributed by atoms with Gasteiger partial charge in [-0.3, -0.25) is 0 Å². The fraction of sp³-hybridized carbons (Fsp3) is 1.00. The van der Waals surface area contributed by atoms with Gasteiger partial charge < -0.3 is 10.4 Å². The summed E-state index contributed by atoms with van der Waals surface area (Å²) in [6, 6.07) is 0.710. The zero-order valence-corrected chi connectivity index (χ0v) is 12.1. The molecule has 2 N–H and O–H groups in total. The Kier molecular flexibility index (Phi) is 5.94. The highest BCUT2D eigenvalue weighted by molar-refractivity contribution is 4.82. The second kappa shape index (κ2) is 6.75. The van der Waals surface area contributed by atoms with E-state index < -0.39 is 0 Å². The lowest BCUT2D eigenvalue weighted by atomic mass is 9.79. The molecule has 0 radical (unpaired) electrons. The lowest BCUT2D eigenvalue weighted by molar-refractivity contribution is 0.199. The molecule has 0 heterocycles. The maximum absolute atomic E-state index is 8.90. The van der Waals surface area contributed by atoms with Gasteiger partial charge in [0.1, 0.15) is 0 Å². The van der Waals surface area contributed by atoms with Crippen LogP contribution < -0.4 is 5.32 Å². The van der Waals surface area contributed by atoms with Crippen LogP contribution in [0.5, 0.6) is 0 Å². The average molecular weight is 241 g/mol. The Balaban J connectivity index is 2.29. The van der Waals surface area contributed by atoms with E-state index in [0.29, 0.717) is 18.1 Å². The van der Waals surface area contributed by atoms with Crippen LogP contribution >= 0.6 is 0 Å². The highest BCUT2D eigenvalue weighted by atomic mass is 16.2. The van der Waals surface area contributed by atoms with Gasteiger partial charge in [-0.2, -0.15) is 0 Å². The molecule has 2 atom stereocenters. The zero-order chi connectivity index (χ0) is 12.9. The summed E-state index contributed by atoms with van der Waals surface area (Å²) in [5.74, 6) is 1.74. The first kappa shape index (κ1) is 15.0. The molecule has 0 aromatic carbocycles. The van der Waals surface area contributed by atoms with Crippen LogP contribution in [0, 0.1) is 17.3 Å². The lowest BCUT2D eigenvalue weighted by Crippen LogP contribution is -2.41. The molecule has 1 fully saturated rings. The van der Waals surface area contributed by atoms with E-state index in [0.717, 1.165) is 31.2 Å². The first-order chi connectivity index (χ1) is 7.93. The van der Waals surface area contributed by atoms with E-state index in [9.17, 15) is 0 Å². The fourth-order valence-corrected chi connectivity index (χ4v) is 3.18. The normalized spacial score (nSPS) is 30.5. The van der Waals surface area contributed by atoms with Crippen LogP contribution in [0.1, 0.15) is 59.8 Å². The second-order valence-corrected chi connectivity index (χ2v) is 6.99. The van der Waals surface area contributed by atoms with Gasteiger partial charge >= 0.3 is 0 Å². The van der Waals surface area contributed by atoms with Crippen LogP contribution in [-0.2, 0) is 0 Å². The molecule has 1 rings (SSSR count). The van der Waals surface area contributed by atoms with E-state index in [4.69, 9.17) is 5.11 Å². The van der Waals surface area contributed by atoms with Gasteiger partial charge in [-0.05, 0) is 49.4 Å². The Morgan fingerprint density at radius 2 is 1.71 bits per heavy atom. The SMILES string of the molecule is CC1CC(C)CC(NCC(C)(C)CCCO)C1. The summed E-state index contributed by atoms with van der Waals surface area (Å²) in [6.07, 6.45) is 6.09. The summed E-state index contributed by atoms with van der Waals surface area (Å²) >= 11 is 0. The summed E-state index contributed by atoms with van der Waals surface area (Å²) in [7, 11) is 0. The van der Waals surface area contributed by atoms with Crippen molar-refractivity contribution in [3.05, 3.63) is 0 Å². The molecule has 0 spiro atoms. The number of aliphatic hydroxyl groups is 1. The van der Waals surface area contributed by atoms with Crippen molar-refractivity contribution in [1.82, 2.24) is 5.32 Å². The summed E-state index contributed by atoms with van der Waals surface area (Å²) in [5, 5.41) is 12.6. The monoisotopic (exact) mass is 241 g/mol. The van der Waals surface area contributed by atoms with Gasteiger partial charge in [0.25, 0.3) is 0 Å². The van der Waals surface area contributed by atoms with Gasteiger partial charge in [-0.1, -0.05) is 27.7 Å². The van der Waals surface area contributed by atoms with Gasteiger partial charge in [0.05, 0.1) is 0 Å². The van der Waals surface area contributed by atoms with Crippen molar-refractivity contribution in [2.24, 2.45) is 17.3 Å². The highest BCUT2D eigenvalue weighted by Gasteiger charge is 2.25. The summed E-state index contributed by atoms with van der Waals surface area (Å²) in [6.45, 7) is 10.7. The van der Waals surface area contributed by atoms with Gasteiger partial charge in [0.15, 0.2) is 0 Å². The number of hydrogen-bond acceptors (Lipinski definition) is 2. The molecule has 0 aliphatic heterocycles. The van der Waals surface area contributed by atoms with Gasteiger partial charge in [-0.25, -0.2) is 0 Å². The molecule has 2 nitrogen and oxygen atoms in total. The number of rotatable bonds is 6. The molecule has 0 aromatic rings. The predicted molar refractivity (Wildman–Crippen MR) is 74.1 cm³/mol. The third kappa shape index (κ3) is 5.87. The van der Waals surface area contributed by atoms with Gasteiger partial charge in [-0.15, -0.1) is 0 Å². The van der Waals surface area contributed by atoms with E-state index >= 15 is 0 Å². The molecule has 17 heavy (non-hydrogen) atoms. The highest BCUT2D eigenvalue weighted by Crippen LogP contribution is 2.29. The molecule has 1 aliphatic carbocycles. The molecule has 0 saturated heterocycles. The Hall–Kier alpha value is -0.0800. The number of nitrogens with one attached hydrogen (secondary N) is 1. The van der Waals surface area contributed by atoms with Crippen molar-refractivity contribution in [2.75, 3.05) is 13.2 Å². The van der Waals surface area contributed by atoms with Gasteiger partial charge in [0.2, 0.25) is 0 Å². The summed E-state index contributed by atoms with van der Waals surface area (Å²) < 4.78 is 0. The quantitative estimate of drug-likeness (QED) is 0.748. The topological polar surface area (TPSA) is 32.3 Å². The first-order valence-corrected chi connectivity index (χ1v) is 7.27. The molecule has 1 saturated carbocycles. The number of aliphatic hydroxyl groups excluding tert-OH is 1. The van der Waals surface area contributed by atoms with E-state index in [1.807, 2.05) is 0 Å². The lowest BCUT2D eigenvalue weighted by Gasteiger charge is -2.35. The molecular formula is C15H31NO. The standard InChI is InChI=1S/C15H31NO/c1-12-8-13(2)10-14(9-12)16-11-15(3,4)6-5-7-17/h12-14,16-17H,5-11H2,1-4H3. The summed E-state index contributed by atoms with van der Waals surface area (Å²) in [5.41, 5.74) is 0.312. The Morgan fingerprint density at radius 3 is 2.24 bits per heavy atom. The Labute approximate surface area is 107 Å². The van der Waals surface area contributed by atoms with E-state index in [1.165, 1.54) is 19.3 Å². The minimum Gasteiger partial charge on any atom is -0.396 e. The van der Waals surface area contributed by atoms with Crippen LogP contribution in [0.2, 0.25) is 0 Å². The smallest absolute Gasteiger partial charge is 0.0431 e. The second-order valence-electron chi connectivity index (χ2n) is 6.99. The first-order valence-electron chi connectivity index (χ1n) is 7.27. The van der Waals surface area contributed by atoms with Crippen molar-refractivity contribution in [1.29, 1.82) is 0 Å². The van der Waals surface area contributed by atoms with E-state index in [-0.39, 0.29) is 0 Å². The van der Waals surface area contributed by atoms with Crippen LogP contribution in [-0.4, -0.2) is 24.3 Å². The number of hydrogen-bond donors (Lipinski definition) is 2. The average Bonchev–Trinajstić information content (AvgIpc) is 2.23. The van der Waals surface area contributed by atoms with Crippen LogP contribution in [0.15, 0.2) is 0 Å². The molecule has 0 aromatic heterocycles. The molecule has 2 unspecified atom stereocenters. The van der Waals surface area contributed by atoms with Gasteiger partial charge in [0, 0.05) is 19.2 Å². The molecule has 1 aliphatic rings. The van der Waals surface area contributed by atoms with E-state index in [1.54, 1.807) is 0 Å². The molecule has 0 bridgehead atoms. The Bertz CT molecular complexity index is 205. The third-order valence-electron chi connectivity index (χ3n) is 4.06. The van der Waals surface area contributed by atoms with Crippen LogP contribution in [0.3, 0.4) is 0 Å². The molecular weight excluding hydrogens is 210 g/mol.